The second-order valence-electron chi connectivity index (χ2n) is 4.79. The first-order valence-electron chi connectivity index (χ1n) is 5.74. The van der Waals surface area contributed by atoms with E-state index in [2.05, 4.69) is 0 Å². The Balaban J connectivity index is 2.24. The number of amides is 1. The summed E-state index contributed by atoms with van der Waals surface area (Å²) in [5, 5.41) is 18.2. The van der Waals surface area contributed by atoms with Crippen LogP contribution in [-0.4, -0.2) is 45.0 Å². The molecule has 2 fully saturated rings. The summed E-state index contributed by atoms with van der Waals surface area (Å²) in [6, 6.07) is 0. The van der Waals surface area contributed by atoms with E-state index in [-0.39, 0.29) is 18.9 Å². The third kappa shape index (κ3) is 1.77. The topological polar surface area (TPSA) is 94.9 Å². The number of hydrogen-bond acceptors (Lipinski definition) is 3. The minimum Gasteiger partial charge on any atom is -0.481 e. The van der Waals surface area contributed by atoms with Crippen molar-refractivity contribution in [1.82, 2.24) is 4.90 Å². The van der Waals surface area contributed by atoms with E-state index in [1.54, 1.807) is 0 Å². The summed E-state index contributed by atoms with van der Waals surface area (Å²) in [4.78, 5) is 35.3. The first-order valence-corrected chi connectivity index (χ1v) is 5.74. The van der Waals surface area contributed by atoms with Gasteiger partial charge in [-0.05, 0) is 12.8 Å². The maximum absolute atomic E-state index is 11.8. The lowest BCUT2D eigenvalue weighted by atomic mass is 9.95. The fraction of sp³-hybridized carbons (Fsp3) is 0.727. The van der Waals surface area contributed by atoms with Crippen molar-refractivity contribution in [2.45, 2.75) is 37.6 Å². The van der Waals surface area contributed by atoms with Gasteiger partial charge in [-0.3, -0.25) is 9.59 Å². The van der Waals surface area contributed by atoms with Crippen LogP contribution < -0.4 is 0 Å². The van der Waals surface area contributed by atoms with Crippen molar-refractivity contribution < 1.29 is 24.6 Å². The highest BCUT2D eigenvalue weighted by Crippen LogP contribution is 2.39. The zero-order chi connectivity index (χ0) is 12.6. The van der Waals surface area contributed by atoms with E-state index in [1.807, 2.05) is 0 Å². The molecule has 1 heterocycles. The molecule has 0 radical (unpaired) electrons. The van der Waals surface area contributed by atoms with Crippen molar-refractivity contribution in [3.63, 3.8) is 0 Å². The molecule has 0 bridgehead atoms. The molecule has 0 spiro atoms. The summed E-state index contributed by atoms with van der Waals surface area (Å²) in [6.45, 7) is 0.0282. The van der Waals surface area contributed by atoms with E-state index < -0.39 is 23.4 Å². The number of nitrogens with zero attached hydrogens (tertiary/aromatic N) is 1. The Kier molecular flexibility index (Phi) is 2.81. The van der Waals surface area contributed by atoms with Gasteiger partial charge in [0.2, 0.25) is 5.91 Å². The van der Waals surface area contributed by atoms with Crippen LogP contribution in [0.2, 0.25) is 0 Å². The van der Waals surface area contributed by atoms with Crippen LogP contribution in [0, 0.1) is 5.92 Å². The molecule has 1 atom stereocenters. The fourth-order valence-electron chi connectivity index (χ4n) is 2.85. The van der Waals surface area contributed by atoms with Crippen molar-refractivity contribution in [3.05, 3.63) is 0 Å². The molecule has 1 aliphatic heterocycles. The summed E-state index contributed by atoms with van der Waals surface area (Å²) in [5.41, 5.74) is -1.15. The van der Waals surface area contributed by atoms with Crippen LogP contribution in [0.15, 0.2) is 0 Å². The number of carbonyl (C=O) groups is 3. The molecular weight excluding hydrogens is 226 g/mol. The van der Waals surface area contributed by atoms with Gasteiger partial charge in [0.25, 0.3) is 0 Å². The molecule has 1 amide bonds. The number of carbonyl (C=O) groups excluding carboxylic acids is 1. The number of likely N-dealkylation sites (tertiary alicyclic amines) is 1. The van der Waals surface area contributed by atoms with E-state index in [0.717, 1.165) is 12.8 Å². The largest absolute Gasteiger partial charge is 0.481 e. The molecule has 94 valence electrons. The molecular formula is C11H15NO5. The van der Waals surface area contributed by atoms with Crippen LogP contribution in [0.5, 0.6) is 0 Å². The molecule has 17 heavy (non-hydrogen) atoms. The van der Waals surface area contributed by atoms with E-state index in [4.69, 9.17) is 5.11 Å². The van der Waals surface area contributed by atoms with Crippen LogP contribution in [0.1, 0.15) is 32.1 Å². The quantitative estimate of drug-likeness (QED) is 0.741. The Bertz CT molecular complexity index is 372. The van der Waals surface area contributed by atoms with Gasteiger partial charge in [-0.1, -0.05) is 12.8 Å². The molecule has 6 nitrogen and oxygen atoms in total. The van der Waals surface area contributed by atoms with Gasteiger partial charge in [-0.25, -0.2) is 4.79 Å². The molecule has 1 unspecified atom stereocenters. The van der Waals surface area contributed by atoms with Crippen LogP contribution in [0.25, 0.3) is 0 Å². The lowest BCUT2D eigenvalue weighted by molar-refractivity contribution is -0.157. The van der Waals surface area contributed by atoms with E-state index in [9.17, 15) is 19.5 Å². The minimum absolute atomic E-state index is 0.0282. The van der Waals surface area contributed by atoms with E-state index in [1.165, 1.54) is 4.90 Å². The standard InChI is InChI=1S/C11H15NO5/c13-8-5-7(9(14)15)6-12(8)11(10(16)17)3-1-2-4-11/h7H,1-6H2,(H,14,15)(H,16,17). The zero-order valence-corrected chi connectivity index (χ0v) is 9.39. The van der Waals surface area contributed by atoms with Gasteiger partial charge in [-0.2, -0.15) is 0 Å². The predicted octanol–water partition coefficient (Wildman–Crippen LogP) is 0.317. The van der Waals surface area contributed by atoms with Gasteiger partial charge in [-0.15, -0.1) is 0 Å². The maximum Gasteiger partial charge on any atom is 0.329 e. The number of carboxylic acid groups (broad SMARTS) is 2. The number of aliphatic carboxylic acids is 2. The summed E-state index contributed by atoms with van der Waals surface area (Å²) < 4.78 is 0. The Labute approximate surface area is 98.2 Å². The van der Waals surface area contributed by atoms with Gasteiger partial charge >= 0.3 is 11.9 Å². The van der Waals surface area contributed by atoms with Gasteiger partial charge in [0, 0.05) is 13.0 Å². The van der Waals surface area contributed by atoms with Crippen molar-refractivity contribution >= 4 is 17.8 Å². The minimum atomic E-state index is -1.15. The molecule has 0 aromatic heterocycles. The molecule has 1 saturated heterocycles. The molecule has 2 rings (SSSR count). The van der Waals surface area contributed by atoms with Crippen LogP contribution in [0.3, 0.4) is 0 Å². The van der Waals surface area contributed by atoms with Crippen LogP contribution in [0.4, 0.5) is 0 Å². The number of rotatable bonds is 3. The first kappa shape index (κ1) is 11.9. The van der Waals surface area contributed by atoms with Gasteiger partial charge in [0.15, 0.2) is 0 Å². The Morgan fingerprint density at radius 3 is 2.24 bits per heavy atom. The molecule has 0 aromatic carbocycles. The van der Waals surface area contributed by atoms with Crippen LogP contribution in [-0.2, 0) is 14.4 Å². The number of hydrogen-bond donors (Lipinski definition) is 2. The lowest BCUT2D eigenvalue weighted by Crippen LogP contribution is -2.53. The average Bonchev–Trinajstić information content (AvgIpc) is 2.84. The smallest absolute Gasteiger partial charge is 0.329 e. The molecule has 1 saturated carbocycles. The third-order valence-electron chi connectivity index (χ3n) is 3.82. The third-order valence-corrected chi connectivity index (χ3v) is 3.82. The SMILES string of the molecule is O=C(O)C1CC(=O)N(C2(C(=O)O)CCCC2)C1. The van der Waals surface area contributed by atoms with Gasteiger partial charge in [0.1, 0.15) is 5.54 Å². The zero-order valence-electron chi connectivity index (χ0n) is 9.39. The first-order chi connectivity index (χ1) is 7.97. The maximum atomic E-state index is 11.8. The Morgan fingerprint density at radius 1 is 1.24 bits per heavy atom. The van der Waals surface area contributed by atoms with Gasteiger partial charge < -0.3 is 15.1 Å². The highest BCUT2D eigenvalue weighted by Gasteiger charge is 2.52. The predicted molar refractivity (Wildman–Crippen MR) is 56.3 cm³/mol. The van der Waals surface area contributed by atoms with Crippen molar-refractivity contribution in [2.24, 2.45) is 5.92 Å². The summed E-state index contributed by atoms with van der Waals surface area (Å²) in [6.07, 6.45) is 2.33. The molecule has 2 aliphatic rings. The number of carboxylic acids is 2. The Morgan fingerprint density at radius 2 is 1.82 bits per heavy atom. The normalized spacial score (nSPS) is 27.4. The van der Waals surface area contributed by atoms with Crippen molar-refractivity contribution in [1.29, 1.82) is 0 Å². The van der Waals surface area contributed by atoms with Gasteiger partial charge in [0.05, 0.1) is 5.92 Å². The second-order valence-corrected chi connectivity index (χ2v) is 4.79. The highest BCUT2D eigenvalue weighted by atomic mass is 16.4. The van der Waals surface area contributed by atoms with E-state index in [0.29, 0.717) is 12.8 Å². The molecule has 1 aliphatic carbocycles. The fourth-order valence-corrected chi connectivity index (χ4v) is 2.85. The second kappa shape index (κ2) is 4.01. The van der Waals surface area contributed by atoms with Crippen LogP contribution >= 0.6 is 0 Å². The average molecular weight is 241 g/mol. The monoisotopic (exact) mass is 241 g/mol. The summed E-state index contributed by atoms with van der Waals surface area (Å²) in [5.74, 6) is -3.14. The molecule has 6 heteroatoms. The van der Waals surface area contributed by atoms with Crippen molar-refractivity contribution in [3.8, 4) is 0 Å². The Hall–Kier alpha value is -1.59. The molecule has 0 aromatic rings. The summed E-state index contributed by atoms with van der Waals surface area (Å²) >= 11 is 0. The summed E-state index contributed by atoms with van der Waals surface area (Å²) in [7, 11) is 0. The molecule has 2 N–H and O–H groups in total. The van der Waals surface area contributed by atoms with E-state index >= 15 is 0 Å². The van der Waals surface area contributed by atoms with Crippen molar-refractivity contribution in [2.75, 3.05) is 6.54 Å². The lowest BCUT2D eigenvalue weighted by Gasteiger charge is -2.34. The highest BCUT2D eigenvalue weighted by molar-refractivity contribution is 5.91.